The van der Waals surface area contributed by atoms with Crippen LogP contribution in [0.1, 0.15) is 52.4 Å². The zero-order valence-electron chi connectivity index (χ0n) is 11.6. The van der Waals surface area contributed by atoms with E-state index >= 15 is 0 Å². The van der Waals surface area contributed by atoms with Gasteiger partial charge >= 0.3 is 0 Å². The number of nitrogens with zero attached hydrogens (tertiary/aromatic N) is 1. The highest BCUT2D eigenvalue weighted by atomic mass is 32.1. The van der Waals surface area contributed by atoms with Gasteiger partial charge in [-0.2, -0.15) is 12.6 Å². The molecule has 17 heavy (non-hydrogen) atoms. The van der Waals surface area contributed by atoms with Crippen LogP contribution in [0.15, 0.2) is 0 Å². The molecule has 2 rings (SSSR count). The van der Waals surface area contributed by atoms with Crippen molar-refractivity contribution in [2.45, 2.75) is 58.4 Å². The van der Waals surface area contributed by atoms with E-state index in [2.05, 4.69) is 31.4 Å². The van der Waals surface area contributed by atoms with E-state index in [0.717, 1.165) is 29.5 Å². The smallest absolute Gasteiger partial charge is 0.0124 e. The van der Waals surface area contributed by atoms with Gasteiger partial charge in [0.25, 0.3) is 0 Å². The van der Waals surface area contributed by atoms with E-state index in [9.17, 15) is 0 Å². The Hall–Kier alpha value is 0.310. The zero-order chi connectivity index (χ0) is 12.3. The summed E-state index contributed by atoms with van der Waals surface area (Å²) in [4.78, 5) is 2.81. The molecule has 0 N–H and O–H groups in total. The summed E-state index contributed by atoms with van der Waals surface area (Å²) in [6, 6.07) is 0.915. The third-order valence-electron chi connectivity index (χ3n) is 5.00. The summed E-state index contributed by atoms with van der Waals surface area (Å²) in [5.74, 6) is 3.62. The maximum absolute atomic E-state index is 4.55. The number of hydrogen-bond acceptors (Lipinski definition) is 2. The standard InChI is InChI=1S/C15H29NS/c1-12(2)14(11-17)10-16-9-5-7-13-6-3-4-8-15(13)16/h12-15,17H,3-11H2,1-2H3/t13-,14?,15-/m1/s1. The fraction of sp³-hybridized carbons (Fsp3) is 1.00. The molecule has 1 heterocycles. The minimum atomic E-state index is 0.775. The van der Waals surface area contributed by atoms with Crippen molar-refractivity contribution in [1.29, 1.82) is 0 Å². The molecule has 1 aliphatic heterocycles. The van der Waals surface area contributed by atoms with Crippen LogP contribution in [0.2, 0.25) is 0 Å². The summed E-state index contributed by atoms with van der Waals surface area (Å²) in [6.07, 6.45) is 8.82. The van der Waals surface area contributed by atoms with Gasteiger partial charge in [-0.1, -0.05) is 26.7 Å². The SMILES string of the molecule is CC(C)C(CS)CN1CCC[C@H]2CCCC[C@H]21. The van der Waals surface area contributed by atoms with Gasteiger partial charge in [0.15, 0.2) is 0 Å². The molecule has 1 unspecified atom stereocenters. The molecule has 0 aromatic heterocycles. The molecule has 0 radical (unpaired) electrons. The number of hydrogen-bond donors (Lipinski definition) is 1. The minimum absolute atomic E-state index is 0.775. The highest BCUT2D eigenvalue weighted by Crippen LogP contribution is 2.36. The number of rotatable bonds is 4. The lowest BCUT2D eigenvalue weighted by Gasteiger charge is -2.45. The fourth-order valence-corrected chi connectivity index (χ4v) is 4.27. The van der Waals surface area contributed by atoms with E-state index < -0.39 is 0 Å². The molecule has 2 heteroatoms. The van der Waals surface area contributed by atoms with Gasteiger partial charge < -0.3 is 0 Å². The van der Waals surface area contributed by atoms with Crippen LogP contribution in [0.3, 0.4) is 0 Å². The molecule has 2 fully saturated rings. The first-order valence-electron chi connectivity index (χ1n) is 7.57. The van der Waals surface area contributed by atoms with E-state index in [4.69, 9.17) is 0 Å². The summed E-state index contributed by atoms with van der Waals surface area (Å²) in [7, 11) is 0. The number of fused-ring (bicyclic) bond motifs is 1. The second-order valence-electron chi connectivity index (χ2n) is 6.44. The first-order valence-corrected chi connectivity index (χ1v) is 8.20. The monoisotopic (exact) mass is 255 g/mol. The van der Waals surface area contributed by atoms with Gasteiger partial charge in [-0.05, 0) is 55.7 Å². The highest BCUT2D eigenvalue weighted by molar-refractivity contribution is 7.80. The van der Waals surface area contributed by atoms with Crippen LogP contribution in [0.4, 0.5) is 0 Å². The highest BCUT2D eigenvalue weighted by Gasteiger charge is 2.34. The largest absolute Gasteiger partial charge is 0.300 e. The Bertz CT molecular complexity index is 227. The molecule has 100 valence electrons. The molecule has 1 saturated heterocycles. The lowest BCUT2D eigenvalue weighted by atomic mass is 9.78. The van der Waals surface area contributed by atoms with Crippen molar-refractivity contribution in [3.63, 3.8) is 0 Å². The average Bonchev–Trinajstić information content (AvgIpc) is 2.35. The third-order valence-corrected chi connectivity index (χ3v) is 5.47. The molecular formula is C15H29NS. The predicted molar refractivity (Wildman–Crippen MR) is 78.7 cm³/mol. The molecule has 1 aliphatic carbocycles. The first kappa shape index (κ1) is 13.7. The van der Waals surface area contributed by atoms with Crippen molar-refractivity contribution in [3.05, 3.63) is 0 Å². The van der Waals surface area contributed by atoms with Crippen LogP contribution in [0.5, 0.6) is 0 Å². The lowest BCUT2D eigenvalue weighted by molar-refractivity contribution is 0.0452. The molecular weight excluding hydrogens is 226 g/mol. The van der Waals surface area contributed by atoms with Gasteiger partial charge in [0, 0.05) is 12.6 Å². The Morgan fingerprint density at radius 2 is 1.82 bits per heavy atom. The Labute approximate surface area is 113 Å². The van der Waals surface area contributed by atoms with Crippen LogP contribution in [-0.4, -0.2) is 29.8 Å². The number of piperidine rings is 1. The summed E-state index contributed by atoms with van der Waals surface area (Å²) in [5, 5.41) is 0. The molecule has 0 amide bonds. The number of thiol groups is 1. The molecule has 0 bridgehead atoms. The predicted octanol–water partition coefficient (Wildman–Crippen LogP) is 3.84. The van der Waals surface area contributed by atoms with Crippen molar-refractivity contribution in [1.82, 2.24) is 4.90 Å². The zero-order valence-corrected chi connectivity index (χ0v) is 12.5. The van der Waals surface area contributed by atoms with Gasteiger partial charge in [0.1, 0.15) is 0 Å². The maximum atomic E-state index is 4.55. The van der Waals surface area contributed by atoms with E-state index in [0.29, 0.717) is 0 Å². The van der Waals surface area contributed by atoms with Crippen LogP contribution in [0.25, 0.3) is 0 Å². The van der Waals surface area contributed by atoms with E-state index in [1.807, 2.05) is 0 Å². The molecule has 2 aliphatic rings. The van der Waals surface area contributed by atoms with E-state index in [1.165, 1.54) is 51.6 Å². The topological polar surface area (TPSA) is 3.24 Å². The van der Waals surface area contributed by atoms with E-state index in [1.54, 1.807) is 0 Å². The summed E-state index contributed by atoms with van der Waals surface area (Å²) in [6.45, 7) is 7.34. The Morgan fingerprint density at radius 1 is 1.12 bits per heavy atom. The molecule has 1 nitrogen and oxygen atoms in total. The quantitative estimate of drug-likeness (QED) is 0.747. The van der Waals surface area contributed by atoms with Gasteiger partial charge in [-0.3, -0.25) is 4.90 Å². The van der Waals surface area contributed by atoms with Crippen molar-refractivity contribution in [2.24, 2.45) is 17.8 Å². The lowest BCUT2D eigenvalue weighted by Crippen LogP contribution is -2.49. The average molecular weight is 255 g/mol. The second kappa shape index (κ2) is 6.47. The third kappa shape index (κ3) is 3.41. The fourth-order valence-electron chi connectivity index (χ4n) is 3.74. The summed E-state index contributed by atoms with van der Waals surface area (Å²) in [5.41, 5.74) is 0. The van der Waals surface area contributed by atoms with Crippen molar-refractivity contribution in [2.75, 3.05) is 18.8 Å². The molecule has 3 atom stereocenters. The molecule has 0 aromatic rings. The maximum Gasteiger partial charge on any atom is 0.0124 e. The van der Waals surface area contributed by atoms with Crippen LogP contribution >= 0.6 is 12.6 Å². The Balaban J connectivity index is 1.94. The second-order valence-corrected chi connectivity index (χ2v) is 6.80. The summed E-state index contributed by atoms with van der Waals surface area (Å²) >= 11 is 4.55. The van der Waals surface area contributed by atoms with Crippen molar-refractivity contribution >= 4 is 12.6 Å². The van der Waals surface area contributed by atoms with Gasteiger partial charge in [-0.15, -0.1) is 0 Å². The molecule has 0 spiro atoms. The van der Waals surface area contributed by atoms with Gasteiger partial charge in [0.2, 0.25) is 0 Å². The molecule has 1 saturated carbocycles. The Kier molecular flexibility index (Phi) is 5.23. The van der Waals surface area contributed by atoms with Crippen LogP contribution < -0.4 is 0 Å². The van der Waals surface area contributed by atoms with Gasteiger partial charge in [-0.25, -0.2) is 0 Å². The van der Waals surface area contributed by atoms with Crippen LogP contribution in [-0.2, 0) is 0 Å². The summed E-state index contributed by atoms with van der Waals surface area (Å²) < 4.78 is 0. The minimum Gasteiger partial charge on any atom is -0.300 e. The van der Waals surface area contributed by atoms with Gasteiger partial charge in [0.05, 0.1) is 0 Å². The van der Waals surface area contributed by atoms with Crippen molar-refractivity contribution < 1.29 is 0 Å². The van der Waals surface area contributed by atoms with Crippen molar-refractivity contribution in [3.8, 4) is 0 Å². The first-order chi connectivity index (χ1) is 8.22. The van der Waals surface area contributed by atoms with E-state index in [-0.39, 0.29) is 0 Å². The molecule has 0 aromatic carbocycles. The normalized spacial score (nSPS) is 32.5. The number of likely N-dealkylation sites (tertiary alicyclic amines) is 1. The van der Waals surface area contributed by atoms with Crippen LogP contribution in [0, 0.1) is 17.8 Å². The Morgan fingerprint density at radius 3 is 2.53 bits per heavy atom.